The molecule has 0 fully saturated rings. The summed E-state index contributed by atoms with van der Waals surface area (Å²) in [7, 11) is 0. The van der Waals surface area contributed by atoms with E-state index in [1.165, 1.54) is 0 Å². The molecule has 72 valence electrons. The van der Waals surface area contributed by atoms with Gasteiger partial charge in [-0.3, -0.25) is 0 Å². The summed E-state index contributed by atoms with van der Waals surface area (Å²) in [6.07, 6.45) is 0. The molecule has 0 atom stereocenters. The molecule has 0 aromatic heterocycles. The second kappa shape index (κ2) is 6.50. The normalized spacial score (nSPS) is 11.6. The minimum atomic E-state index is -1.94. The second-order valence-corrected chi connectivity index (χ2v) is 15.4. The molecule has 0 heterocycles. The van der Waals surface area contributed by atoms with Crippen LogP contribution in [0.3, 0.4) is 0 Å². The van der Waals surface area contributed by atoms with Crippen LogP contribution in [0.1, 0.15) is 20.8 Å². The van der Waals surface area contributed by atoms with Crippen LogP contribution >= 0.6 is 4.65 Å². The van der Waals surface area contributed by atoms with E-state index in [0.717, 1.165) is 0 Å². The van der Waals surface area contributed by atoms with Gasteiger partial charge in [-0.05, 0) is 0 Å². The fourth-order valence-corrected chi connectivity index (χ4v) is 10.4. The quantitative estimate of drug-likeness (QED) is 0.544. The molecular weight excluding hydrogens is 309 g/mol. The number of rotatable bonds is 6. The number of carbonyl (C=O) groups excluding carboxylic acids is 1. The van der Waals surface area contributed by atoms with Crippen LogP contribution in [0, 0.1) is 0 Å². The number of carbonyl (C=O) groups is 1. The van der Waals surface area contributed by atoms with Crippen molar-refractivity contribution in [3.8, 4) is 0 Å². The van der Waals surface area contributed by atoms with Gasteiger partial charge in [-0.2, -0.15) is 0 Å². The van der Waals surface area contributed by atoms with Crippen LogP contribution in [0.15, 0.2) is 0 Å². The molecule has 6 heteroatoms. The zero-order valence-corrected chi connectivity index (χ0v) is 11.7. The first kappa shape index (κ1) is 13.1. The maximum absolute atomic E-state index is 10.9. The van der Waals surface area contributed by atoms with Gasteiger partial charge in [0.1, 0.15) is 0 Å². The molecule has 0 N–H and O–H groups in total. The van der Waals surface area contributed by atoms with Crippen molar-refractivity contribution in [3.63, 3.8) is 0 Å². The van der Waals surface area contributed by atoms with Gasteiger partial charge in [-0.15, -0.1) is 0 Å². The monoisotopic (exact) mass is 324 g/mol. The summed E-state index contributed by atoms with van der Waals surface area (Å²) in [6.45, 7) is 6.57. The van der Waals surface area contributed by atoms with Gasteiger partial charge in [0.25, 0.3) is 0 Å². The molecule has 0 aliphatic carbocycles. The van der Waals surface area contributed by atoms with Crippen LogP contribution in [-0.2, 0) is 13.8 Å². The van der Waals surface area contributed by atoms with Gasteiger partial charge in [-0.25, -0.2) is 0 Å². The molecule has 0 saturated heterocycles. The predicted octanol–water partition coefficient (Wildman–Crippen LogP) is 1.16. The first-order valence-electron chi connectivity index (χ1n) is 3.63. The van der Waals surface area contributed by atoms with Crippen molar-refractivity contribution in [1.82, 2.24) is 0 Å². The summed E-state index contributed by atoms with van der Waals surface area (Å²) in [4.78, 5) is 10.9. The van der Waals surface area contributed by atoms with Crippen molar-refractivity contribution < 1.29 is 13.8 Å². The molecule has 0 aliphatic rings. The summed E-state index contributed by atoms with van der Waals surface area (Å²) in [5.74, 6) is 0. The number of hydrogen-bond donors (Lipinski definition) is 0. The molecule has 0 aromatic carbocycles. The van der Waals surface area contributed by atoms with Gasteiger partial charge >= 0.3 is 86.8 Å². The summed E-state index contributed by atoms with van der Waals surface area (Å²) >= 11 is 2.70. The summed E-state index contributed by atoms with van der Waals surface area (Å²) in [5, 5.41) is 0. The molecule has 0 saturated carbocycles. The summed E-state index contributed by atoms with van der Waals surface area (Å²) < 4.78 is 9.07. The average molecular weight is 322 g/mol. The van der Waals surface area contributed by atoms with E-state index < -0.39 is 4.65 Å². The molecule has 0 rings (SSSR count). The van der Waals surface area contributed by atoms with E-state index >= 15 is 0 Å². The molecular formula is C6H13O3PSe2. The second-order valence-electron chi connectivity index (χ2n) is 1.87. The van der Waals surface area contributed by atoms with E-state index in [2.05, 4.69) is 15.1 Å². The van der Waals surface area contributed by atoms with Crippen molar-refractivity contribution >= 4 is 38.9 Å². The standard InChI is InChI=1S/C6H13O3PSe2/c1-4-8-10(11,9-5-2)12-6(3)7/h4-5H2,1-3H3. The van der Waals surface area contributed by atoms with Gasteiger partial charge in [-0.1, -0.05) is 0 Å². The Bertz CT molecular complexity index is 185. The average Bonchev–Trinajstić information content (AvgIpc) is 1.85. The summed E-state index contributed by atoms with van der Waals surface area (Å²) in [6, 6.07) is 0. The molecule has 0 aliphatic heterocycles. The Morgan fingerprint density at radius 2 is 1.83 bits per heavy atom. The Hall–Kier alpha value is 1.06. The van der Waals surface area contributed by atoms with Crippen LogP contribution in [-0.4, -0.2) is 47.5 Å². The van der Waals surface area contributed by atoms with Gasteiger partial charge < -0.3 is 0 Å². The van der Waals surface area contributed by atoms with Crippen molar-refractivity contribution in [2.45, 2.75) is 20.8 Å². The van der Waals surface area contributed by atoms with E-state index in [4.69, 9.17) is 9.05 Å². The molecule has 12 heavy (non-hydrogen) atoms. The van der Waals surface area contributed by atoms with Crippen molar-refractivity contribution in [1.29, 1.82) is 0 Å². The van der Waals surface area contributed by atoms with E-state index in [-0.39, 0.29) is 19.2 Å². The van der Waals surface area contributed by atoms with Gasteiger partial charge in [0.05, 0.1) is 0 Å². The molecule has 0 aromatic rings. The first-order valence-corrected chi connectivity index (χ1v) is 10.5. The Kier molecular flexibility index (Phi) is 7.08. The number of hydrogen-bond acceptors (Lipinski definition) is 3. The Balaban J connectivity index is 4.18. The molecule has 0 amide bonds. The third-order valence-electron chi connectivity index (χ3n) is 0.815. The molecule has 0 unspecified atom stereocenters. The topological polar surface area (TPSA) is 35.5 Å². The molecule has 0 spiro atoms. The Morgan fingerprint density at radius 1 is 1.42 bits per heavy atom. The third kappa shape index (κ3) is 5.66. The zero-order chi connectivity index (χ0) is 9.61. The van der Waals surface area contributed by atoms with Gasteiger partial charge in [0.15, 0.2) is 0 Å². The zero-order valence-electron chi connectivity index (χ0n) is 7.40. The SMILES string of the molecule is CCOP(=[Se])(OCC)[Se]C(C)=O. The summed E-state index contributed by atoms with van der Waals surface area (Å²) in [5.41, 5.74) is 0. The maximum atomic E-state index is 10.9. The van der Waals surface area contributed by atoms with Crippen LogP contribution in [0.2, 0.25) is 0 Å². The predicted molar refractivity (Wildman–Crippen MR) is 52.4 cm³/mol. The van der Waals surface area contributed by atoms with Gasteiger partial charge in [0, 0.05) is 0 Å². The third-order valence-corrected chi connectivity index (χ3v) is 10.6. The molecule has 0 bridgehead atoms. The van der Waals surface area contributed by atoms with E-state index in [0.29, 0.717) is 13.2 Å². The van der Waals surface area contributed by atoms with Crippen molar-refractivity contribution in [3.05, 3.63) is 0 Å². The van der Waals surface area contributed by atoms with Crippen LogP contribution in [0.25, 0.3) is 0 Å². The van der Waals surface area contributed by atoms with E-state index in [9.17, 15) is 4.79 Å². The van der Waals surface area contributed by atoms with E-state index in [1.54, 1.807) is 6.92 Å². The minimum absolute atomic E-state index is 0.163. The van der Waals surface area contributed by atoms with Crippen LogP contribution in [0.4, 0.5) is 0 Å². The van der Waals surface area contributed by atoms with E-state index in [1.807, 2.05) is 13.8 Å². The van der Waals surface area contributed by atoms with Crippen LogP contribution < -0.4 is 0 Å². The Labute approximate surface area is 86.7 Å². The molecule has 3 nitrogen and oxygen atoms in total. The first-order chi connectivity index (χ1) is 5.54. The van der Waals surface area contributed by atoms with Crippen molar-refractivity contribution in [2.75, 3.05) is 13.2 Å². The van der Waals surface area contributed by atoms with Crippen LogP contribution in [0.5, 0.6) is 0 Å². The van der Waals surface area contributed by atoms with Gasteiger partial charge in [0.2, 0.25) is 0 Å². The fourth-order valence-electron chi connectivity index (χ4n) is 0.564. The molecule has 0 radical (unpaired) electrons. The fraction of sp³-hybridized carbons (Fsp3) is 0.833. The van der Waals surface area contributed by atoms with Crippen molar-refractivity contribution in [2.24, 2.45) is 0 Å². The Morgan fingerprint density at radius 3 is 2.08 bits per heavy atom.